The summed E-state index contributed by atoms with van der Waals surface area (Å²) in [4.78, 5) is 38.6. The predicted molar refractivity (Wildman–Crippen MR) is 121 cm³/mol. The molecule has 3 aromatic rings. The van der Waals surface area contributed by atoms with Crippen LogP contribution in [0.25, 0.3) is 11.0 Å². The maximum Gasteiger partial charge on any atom is 0.407 e. The van der Waals surface area contributed by atoms with Gasteiger partial charge in [0.2, 0.25) is 5.91 Å². The molecule has 34 heavy (non-hydrogen) atoms. The summed E-state index contributed by atoms with van der Waals surface area (Å²) < 4.78 is 6.62. The van der Waals surface area contributed by atoms with E-state index < -0.39 is 30.1 Å². The molecule has 0 saturated carbocycles. The highest BCUT2D eigenvalue weighted by Gasteiger charge is 2.37. The highest BCUT2D eigenvalue weighted by Crippen LogP contribution is 2.20. The number of aliphatic hydroxyl groups is 1. The van der Waals surface area contributed by atoms with E-state index in [9.17, 15) is 19.5 Å². The number of aromatic nitrogens is 3. The van der Waals surface area contributed by atoms with E-state index in [1.807, 2.05) is 54.6 Å². The average Bonchev–Trinajstić information content (AvgIpc) is 3.52. The molecule has 11 heteroatoms. The molecule has 1 aromatic heterocycles. The van der Waals surface area contributed by atoms with Gasteiger partial charge in [-0.1, -0.05) is 47.7 Å². The number of para-hydroxylation sites is 1. The molecule has 1 fully saturated rings. The zero-order valence-electron chi connectivity index (χ0n) is 18.5. The fourth-order valence-corrected chi connectivity index (χ4v) is 3.92. The molecule has 1 aliphatic rings. The molecule has 0 bridgehead atoms. The average molecular weight is 466 g/mol. The summed E-state index contributed by atoms with van der Waals surface area (Å²) in [5, 5.41) is 23.7. The lowest BCUT2D eigenvalue weighted by atomic mass is 10.1. The third-order valence-electron chi connectivity index (χ3n) is 5.67. The van der Waals surface area contributed by atoms with Crippen LogP contribution >= 0.6 is 0 Å². The summed E-state index contributed by atoms with van der Waals surface area (Å²) in [6, 6.07) is 15.8. The minimum absolute atomic E-state index is 0.0336. The van der Waals surface area contributed by atoms with Crippen LogP contribution in [0, 0.1) is 0 Å². The van der Waals surface area contributed by atoms with Gasteiger partial charge in [0.1, 0.15) is 25.3 Å². The van der Waals surface area contributed by atoms with Gasteiger partial charge in [-0.3, -0.25) is 9.59 Å². The SMILES string of the molecule is O=C(NCC(=O)N1CCC[C@H]1C(O)C(=O)NCn1nnc2ccccc21)OCc1ccccc1. The summed E-state index contributed by atoms with van der Waals surface area (Å²) in [6.45, 7) is 0.227. The normalized spacial score (nSPS) is 16.3. The molecule has 178 valence electrons. The van der Waals surface area contributed by atoms with Crippen LogP contribution < -0.4 is 10.6 Å². The van der Waals surface area contributed by atoms with Gasteiger partial charge >= 0.3 is 6.09 Å². The Morgan fingerprint density at radius 3 is 2.68 bits per heavy atom. The number of aliphatic hydroxyl groups excluding tert-OH is 1. The van der Waals surface area contributed by atoms with Crippen molar-refractivity contribution in [3.05, 3.63) is 60.2 Å². The maximum absolute atomic E-state index is 12.6. The molecule has 2 atom stereocenters. The summed E-state index contributed by atoms with van der Waals surface area (Å²) in [6.07, 6.45) is -1.00. The van der Waals surface area contributed by atoms with E-state index >= 15 is 0 Å². The number of nitrogens with one attached hydrogen (secondary N) is 2. The molecule has 3 N–H and O–H groups in total. The third kappa shape index (κ3) is 5.49. The van der Waals surface area contributed by atoms with Crippen molar-refractivity contribution in [1.82, 2.24) is 30.5 Å². The van der Waals surface area contributed by atoms with E-state index in [1.54, 1.807) is 0 Å². The number of nitrogens with zero attached hydrogens (tertiary/aromatic N) is 4. The van der Waals surface area contributed by atoms with Crippen LogP contribution in [0.3, 0.4) is 0 Å². The number of carbonyl (C=O) groups excluding carboxylic acids is 3. The number of likely N-dealkylation sites (tertiary alicyclic amines) is 1. The van der Waals surface area contributed by atoms with E-state index in [1.165, 1.54) is 9.58 Å². The van der Waals surface area contributed by atoms with Gasteiger partial charge < -0.3 is 25.4 Å². The number of amides is 3. The largest absolute Gasteiger partial charge is 0.445 e. The van der Waals surface area contributed by atoms with Crippen LogP contribution in [0.5, 0.6) is 0 Å². The Bertz CT molecular complexity index is 1150. The van der Waals surface area contributed by atoms with Crippen molar-refractivity contribution in [3.63, 3.8) is 0 Å². The van der Waals surface area contributed by atoms with E-state index in [0.29, 0.717) is 24.9 Å². The van der Waals surface area contributed by atoms with Crippen LogP contribution in [0.15, 0.2) is 54.6 Å². The second-order valence-electron chi connectivity index (χ2n) is 7.93. The number of ether oxygens (including phenoxy) is 1. The van der Waals surface area contributed by atoms with Gasteiger partial charge in [-0.2, -0.15) is 0 Å². The first-order valence-corrected chi connectivity index (χ1v) is 11.0. The van der Waals surface area contributed by atoms with Crippen molar-refractivity contribution in [2.24, 2.45) is 0 Å². The first kappa shape index (κ1) is 23.2. The summed E-state index contributed by atoms with van der Waals surface area (Å²) in [5.41, 5.74) is 2.27. The van der Waals surface area contributed by atoms with Crippen molar-refractivity contribution >= 4 is 28.9 Å². The van der Waals surface area contributed by atoms with Gasteiger partial charge in [-0.05, 0) is 30.5 Å². The van der Waals surface area contributed by atoms with Crippen LogP contribution in [-0.4, -0.2) is 68.1 Å². The Kier molecular flexibility index (Phi) is 7.33. The fraction of sp³-hybridized carbons (Fsp3) is 0.348. The molecule has 0 spiro atoms. The second-order valence-corrected chi connectivity index (χ2v) is 7.93. The molecule has 0 aliphatic carbocycles. The van der Waals surface area contributed by atoms with E-state index in [4.69, 9.17) is 4.74 Å². The fourth-order valence-electron chi connectivity index (χ4n) is 3.92. The van der Waals surface area contributed by atoms with E-state index in [0.717, 1.165) is 11.1 Å². The van der Waals surface area contributed by atoms with E-state index in [-0.39, 0.29) is 19.8 Å². The number of alkyl carbamates (subject to hydrolysis) is 1. The standard InChI is InChI=1S/C23H26N6O5/c30-20(13-24-23(33)34-14-16-7-2-1-3-8-16)28-12-6-11-19(28)21(31)22(32)25-15-29-18-10-5-4-9-17(18)26-27-29/h1-5,7-10,19,21,31H,6,11-15H2,(H,24,33)(H,25,32)/t19-,21?/m0/s1. The van der Waals surface area contributed by atoms with Gasteiger partial charge in [-0.15, -0.1) is 5.10 Å². The molecule has 1 aliphatic heterocycles. The lowest BCUT2D eigenvalue weighted by Gasteiger charge is -2.28. The third-order valence-corrected chi connectivity index (χ3v) is 5.67. The van der Waals surface area contributed by atoms with Gasteiger partial charge in [-0.25, -0.2) is 9.48 Å². The number of fused-ring (bicyclic) bond motifs is 1. The van der Waals surface area contributed by atoms with Crippen molar-refractivity contribution in [1.29, 1.82) is 0 Å². The van der Waals surface area contributed by atoms with Crippen molar-refractivity contribution in [3.8, 4) is 0 Å². The Balaban J connectivity index is 1.25. The Morgan fingerprint density at radius 2 is 1.85 bits per heavy atom. The Labute approximate surface area is 195 Å². The Morgan fingerprint density at radius 1 is 1.09 bits per heavy atom. The first-order chi connectivity index (χ1) is 16.5. The maximum atomic E-state index is 12.6. The van der Waals surface area contributed by atoms with Crippen LogP contribution in [0.4, 0.5) is 4.79 Å². The van der Waals surface area contributed by atoms with Gasteiger partial charge in [0, 0.05) is 6.54 Å². The molecule has 0 radical (unpaired) electrons. The lowest BCUT2D eigenvalue weighted by molar-refractivity contribution is -0.139. The van der Waals surface area contributed by atoms with Crippen LogP contribution in [0.1, 0.15) is 18.4 Å². The molecule has 1 saturated heterocycles. The van der Waals surface area contributed by atoms with Crippen molar-refractivity contribution in [2.75, 3.05) is 13.1 Å². The number of carbonyl (C=O) groups is 3. The number of benzene rings is 2. The molecule has 2 aromatic carbocycles. The van der Waals surface area contributed by atoms with Crippen molar-refractivity contribution < 1.29 is 24.2 Å². The monoisotopic (exact) mass is 466 g/mol. The molecular formula is C23H26N6O5. The zero-order chi connectivity index (χ0) is 23.9. The van der Waals surface area contributed by atoms with Crippen LogP contribution in [-0.2, 0) is 27.6 Å². The minimum atomic E-state index is -1.41. The predicted octanol–water partition coefficient (Wildman–Crippen LogP) is 0.783. The van der Waals surface area contributed by atoms with E-state index in [2.05, 4.69) is 20.9 Å². The summed E-state index contributed by atoms with van der Waals surface area (Å²) >= 11 is 0. The summed E-state index contributed by atoms with van der Waals surface area (Å²) in [7, 11) is 0. The number of hydrogen-bond donors (Lipinski definition) is 3. The highest BCUT2D eigenvalue weighted by atomic mass is 16.5. The summed E-state index contributed by atoms with van der Waals surface area (Å²) in [5.74, 6) is -1.01. The number of hydrogen-bond acceptors (Lipinski definition) is 7. The molecular weight excluding hydrogens is 440 g/mol. The topological polar surface area (TPSA) is 139 Å². The highest BCUT2D eigenvalue weighted by molar-refractivity contribution is 5.85. The smallest absolute Gasteiger partial charge is 0.407 e. The molecule has 2 heterocycles. The van der Waals surface area contributed by atoms with Gasteiger partial charge in [0.25, 0.3) is 5.91 Å². The molecule has 4 rings (SSSR count). The van der Waals surface area contributed by atoms with Crippen LogP contribution in [0.2, 0.25) is 0 Å². The molecule has 11 nitrogen and oxygen atoms in total. The van der Waals surface area contributed by atoms with Gasteiger partial charge in [0.15, 0.2) is 6.10 Å². The Hall–Kier alpha value is -3.99. The van der Waals surface area contributed by atoms with Crippen molar-refractivity contribution in [2.45, 2.75) is 38.3 Å². The second kappa shape index (κ2) is 10.8. The minimum Gasteiger partial charge on any atom is -0.445 e. The molecule has 1 unspecified atom stereocenters. The first-order valence-electron chi connectivity index (χ1n) is 11.0. The molecule has 3 amide bonds. The number of rotatable bonds is 8. The quantitative estimate of drug-likeness (QED) is 0.446. The lowest BCUT2D eigenvalue weighted by Crippen LogP contribution is -2.52. The zero-order valence-corrected chi connectivity index (χ0v) is 18.5. The van der Waals surface area contributed by atoms with Gasteiger partial charge in [0.05, 0.1) is 11.6 Å².